The van der Waals surface area contributed by atoms with E-state index in [0.717, 1.165) is 0 Å². The molecule has 0 saturated heterocycles. The number of carboxylic acid groups (broad SMARTS) is 1. The van der Waals surface area contributed by atoms with Gasteiger partial charge < -0.3 is 14.6 Å². The number of carbonyl (C=O) groups is 2. The summed E-state index contributed by atoms with van der Waals surface area (Å²) in [4.78, 5) is 23.8. The van der Waals surface area contributed by atoms with Gasteiger partial charge >= 0.3 is 16.1 Å². The van der Waals surface area contributed by atoms with Crippen molar-refractivity contribution in [2.24, 2.45) is 5.92 Å². The Morgan fingerprint density at radius 3 is 2.36 bits per heavy atom. The molecule has 0 fully saturated rings. The highest BCUT2D eigenvalue weighted by Gasteiger charge is 2.18. The molecule has 9 heteroatoms. The molecular weight excluding hydrogens is 466 g/mol. The highest BCUT2D eigenvalue weighted by molar-refractivity contribution is 7.86. The number of hydrogen-bond donors (Lipinski definition) is 2. The van der Waals surface area contributed by atoms with Crippen LogP contribution in [0.1, 0.15) is 29.8 Å². The Bertz CT molecular complexity index is 1290. The van der Waals surface area contributed by atoms with Gasteiger partial charge in [0.05, 0.1) is 5.56 Å². The summed E-state index contributed by atoms with van der Waals surface area (Å²) < 4.78 is 30.3. The second kappa shape index (κ2) is 10.1. The molecule has 0 atom stereocenters. The Morgan fingerprint density at radius 1 is 1.03 bits per heavy atom. The standard InChI is InChI=1S/C24H22ClNO6S/c1-15(2)23(27)26-19-8-9-21(24(28)29)22(13-19)17-10-18(25)12-20(11-17)32-33(30,31)14-16-6-4-3-5-7-16/h3-13,15H,14H2,1-2H3,(H,26,27)(H,28,29). The van der Waals surface area contributed by atoms with Crippen molar-refractivity contribution in [3.05, 3.63) is 82.9 Å². The normalized spacial score (nSPS) is 11.3. The predicted octanol–water partition coefficient (Wildman–Crippen LogP) is 5.21. The van der Waals surface area contributed by atoms with Crippen LogP contribution in [0, 0.1) is 5.92 Å². The largest absolute Gasteiger partial charge is 0.478 e. The summed E-state index contributed by atoms with van der Waals surface area (Å²) in [6.07, 6.45) is 0. The second-order valence-corrected chi connectivity index (χ2v) is 9.66. The summed E-state index contributed by atoms with van der Waals surface area (Å²) in [5.41, 5.74) is 1.48. The van der Waals surface area contributed by atoms with Gasteiger partial charge in [0.25, 0.3) is 0 Å². The summed E-state index contributed by atoms with van der Waals surface area (Å²) in [6, 6.07) is 17.1. The van der Waals surface area contributed by atoms with Crippen molar-refractivity contribution in [1.82, 2.24) is 0 Å². The summed E-state index contributed by atoms with van der Waals surface area (Å²) in [6.45, 7) is 3.47. The first-order chi connectivity index (χ1) is 15.5. The van der Waals surface area contributed by atoms with Gasteiger partial charge in [-0.05, 0) is 47.0 Å². The number of halogens is 1. The SMILES string of the molecule is CC(C)C(=O)Nc1ccc(C(=O)O)c(-c2cc(Cl)cc(OS(=O)(=O)Cc3ccccc3)c2)c1. The molecular formula is C24H22ClNO6S. The smallest absolute Gasteiger partial charge is 0.336 e. The van der Waals surface area contributed by atoms with E-state index in [2.05, 4.69) is 5.32 Å². The maximum absolute atomic E-state index is 12.5. The average molecular weight is 488 g/mol. The molecule has 172 valence electrons. The van der Waals surface area contributed by atoms with Gasteiger partial charge in [-0.3, -0.25) is 4.79 Å². The van der Waals surface area contributed by atoms with Crippen LogP contribution in [0.5, 0.6) is 5.75 Å². The molecule has 7 nitrogen and oxygen atoms in total. The molecule has 0 saturated carbocycles. The molecule has 3 aromatic carbocycles. The van der Waals surface area contributed by atoms with Crippen molar-refractivity contribution in [2.75, 3.05) is 5.32 Å². The number of benzene rings is 3. The minimum Gasteiger partial charge on any atom is -0.478 e. The lowest BCUT2D eigenvalue weighted by molar-refractivity contribution is -0.118. The highest BCUT2D eigenvalue weighted by atomic mass is 35.5. The fourth-order valence-electron chi connectivity index (χ4n) is 3.05. The molecule has 0 heterocycles. The Balaban J connectivity index is 1.98. The molecule has 2 N–H and O–H groups in total. The fraction of sp³-hybridized carbons (Fsp3) is 0.167. The number of rotatable bonds is 8. The van der Waals surface area contributed by atoms with Crippen LogP contribution >= 0.6 is 11.6 Å². The monoisotopic (exact) mass is 487 g/mol. The maximum atomic E-state index is 12.5. The van der Waals surface area contributed by atoms with Crippen LogP contribution < -0.4 is 9.50 Å². The van der Waals surface area contributed by atoms with Gasteiger partial charge in [0.1, 0.15) is 11.5 Å². The zero-order valence-electron chi connectivity index (χ0n) is 17.9. The Morgan fingerprint density at radius 2 is 1.73 bits per heavy atom. The van der Waals surface area contributed by atoms with Crippen molar-refractivity contribution in [1.29, 1.82) is 0 Å². The van der Waals surface area contributed by atoms with E-state index in [9.17, 15) is 23.1 Å². The number of amides is 1. The third-order valence-corrected chi connectivity index (χ3v) is 5.99. The Labute approximate surface area is 197 Å². The van der Waals surface area contributed by atoms with E-state index in [1.807, 2.05) is 0 Å². The van der Waals surface area contributed by atoms with Gasteiger partial charge in [0.15, 0.2) is 0 Å². The van der Waals surface area contributed by atoms with E-state index in [-0.39, 0.29) is 39.5 Å². The lowest BCUT2D eigenvalue weighted by Crippen LogP contribution is -2.18. The number of aromatic carboxylic acids is 1. The number of carboxylic acids is 1. The van der Waals surface area contributed by atoms with Crippen LogP contribution in [0.25, 0.3) is 11.1 Å². The van der Waals surface area contributed by atoms with Gasteiger partial charge in [-0.1, -0.05) is 55.8 Å². The molecule has 0 unspecified atom stereocenters. The molecule has 0 radical (unpaired) electrons. The molecule has 3 aromatic rings. The van der Waals surface area contributed by atoms with Crippen molar-refractivity contribution in [3.8, 4) is 16.9 Å². The van der Waals surface area contributed by atoms with Gasteiger partial charge in [-0.2, -0.15) is 8.42 Å². The quantitative estimate of drug-likeness (QED) is 0.422. The molecule has 0 bridgehead atoms. The first-order valence-electron chi connectivity index (χ1n) is 9.99. The van der Waals surface area contributed by atoms with Crippen LogP contribution in [-0.4, -0.2) is 25.4 Å². The second-order valence-electron chi connectivity index (χ2n) is 7.66. The lowest BCUT2D eigenvalue weighted by atomic mass is 9.98. The minimum absolute atomic E-state index is 0.0436. The van der Waals surface area contributed by atoms with Crippen molar-refractivity contribution < 1.29 is 27.3 Å². The number of anilines is 1. The number of carbonyl (C=O) groups excluding carboxylic acids is 1. The van der Waals surface area contributed by atoms with Crippen LogP contribution in [0.15, 0.2) is 66.7 Å². The molecule has 0 aliphatic rings. The Hall–Kier alpha value is -3.36. The third kappa shape index (κ3) is 6.57. The summed E-state index contributed by atoms with van der Waals surface area (Å²) in [5, 5.41) is 12.5. The highest BCUT2D eigenvalue weighted by Crippen LogP contribution is 2.33. The topological polar surface area (TPSA) is 110 Å². The molecule has 0 aliphatic heterocycles. The molecule has 1 amide bonds. The summed E-state index contributed by atoms with van der Waals surface area (Å²) >= 11 is 6.19. The molecule has 0 spiro atoms. The van der Waals surface area contributed by atoms with Crippen LogP contribution in [-0.2, 0) is 20.7 Å². The number of hydrogen-bond acceptors (Lipinski definition) is 5. The zero-order chi connectivity index (χ0) is 24.2. The van der Waals surface area contributed by atoms with Crippen molar-refractivity contribution in [2.45, 2.75) is 19.6 Å². The van der Waals surface area contributed by atoms with E-state index in [1.165, 1.54) is 36.4 Å². The fourth-order valence-corrected chi connectivity index (χ4v) is 4.33. The molecule has 3 rings (SSSR count). The minimum atomic E-state index is -4.00. The lowest BCUT2D eigenvalue weighted by Gasteiger charge is -2.14. The Kier molecular flexibility index (Phi) is 7.40. The van der Waals surface area contributed by atoms with E-state index in [1.54, 1.807) is 44.2 Å². The third-order valence-electron chi connectivity index (χ3n) is 4.63. The van der Waals surface area contributed by atoms with E-state index in [4.69, 9.17) is 15.8 Å². The van der Waals surface area contributed by atoms with Crippen molar-refractivity contribution >= 4 is 39.3 Å². The van der Waals surface area contributed by atoms with Gasteiger partial charge in [-0.15, -0.1) is 0 Å². The maximum Gasteiger partial charge on any atom is 0.336 e. The predicted molar refractivity (Wildman–Crippen MR) is 127 cm³/mol. The molecule has 33 heavy (non-hydrogen) atoms. The van der Waals surface area contributed by atoms with E-state index < -0.39 is 16.1 Å². The average Bonchev–Trinajstić information content (AvgIpc) is 2.73. The summed E-state index contributed by atoms with van der Waals surface area (Å²) in [5.74, 6) is -2.08. The first kappa shape index (κ1) is 24.3. The molecule has 0 aliphatic carbocycles. The number of nitrogens with one attached hydrogen (secondary N) is 1. The van der Waals surface area contributed by atoms with Gasteiger partial charge in [0.2, 0.25) is 5.91 Å². The van der Waals surface area contributed by atoms with Gasteiger partial charge in [-0.25, -0.2) is 4.79 Å². The van der Waals surface area contributed by atoms with Crippen LogP contribution in [0.3, 0.4) is 0 Å². The first-order valence-corrected chi connectivity index (χ1v) is 11.9. The van der Waals surface area contributed by atoms with E-state index >= 15 is 0 Å². The van der Waals surface area contributed by atoms with Crippen LogP contribution in [0.2, 0.25) is 5.02 Å². The van der Waals surface area contributed by atoms with Crippen LogP contribution in [0.4, 0.5) is 5.69 Å². The van der Waals surface area contributed by atoms with Gasteiger partial charge in [0, 0.05) is 22.7 Å². The zero-order valence-corrected chi connectivity index (χ0v) is 19.5. The summed E-state index contributed by atoms with van der Waals surface area (Å²) in [7, 11) is -4.00. The van der Waals surface area contributed by atoms with Crippen molar-refractivity contribution in [3.63, 3.8) is 0 Å². The molecule has 0 aromatic heterocycles. The van der Waals surface area contributed by atoms with E-state index in [0.29, 0.717) is 16.8 Å².